The topological polar surface area (TPSA) is 131 Å². The molecule has 0 heterocycles. The van der Waals surface area contributed by atoms with E-state index in [4.69, 9.17) is 25.7 Å². The van der Waals surface area contributed by atoms with Crippen LogP contribution in [0.1, 0.15) is 122 Å². The van der Waals surface area contributed by atoms with Gasteiger partial charge in [0.15, 0.2) is 6.10 Å². The summed E-state index contributed by atoms with van der Waals surface area (Å²) in [5, 5.41) is 0. The van der Waals surface area contributed by atoms with E-state index in [1.165, 1.54) is 51.4 Å². The smallest absolute Gasteiger partial charge is 0.306 e. The summed E-state index contributed by atoms with van der Waals surface area (Å²) in [4.78, 5) is 35.8. The van der Waals surface area contributed by atoms with Crippen molar-refractivity contribution in [2.24, 2.45) is 11.5 Å². The molecule has 4 N–H and O–H groups in total. The van der Waals surface area contributed by atoms with Crippen LogP contribution in [-0.4, -0.2) is 50.3 Å². The molecule has 1 unspecified atom stereocenters. The highest BCUT2D eigenvalue weighted by Crippen LogP contribution is 2.11. The molecule has 0 aromatic carbocycles. The van der Waals surface area contributed by atoms with Crippen LogP contribution in [0.2, 0.25) is 0 Å². The normalized spacial score (nSPS) is 12.0. The molecule has 0 rings (SSSR count). The van der Waals surface area contributed by atoms with Gasteiger partial charge in [-0.3, -0.25) is 14.4 Å². The van der Waals surface area contributed by atoms with Crippen LogP contribution in [0.25, 0.3) is 0 Å². The second-order valence-electron chi connectivity index (χ2n) is 9.60. The van der Waals surface area contributed by atoms with E-state index in [1.54, 1.807) is 0 Å². The fraction of sp³-hybridized carbons (Fsp3) is 0.828. The van der Waals surface area contributed by atoms with Crippen molar-refractivity contribution in [3.05, 3.63) is 12.2 Å². The molecule has 0 aliphatic heterocycles. The fourth-order valence-corrected chi connectivity index (χ4v) is 3.71. The Hall–Kier alpha value is -1.93. The van der Waals surface area contributed by atoms with E-state index in [2.05, 4.69) is 19.1 Å². The van der Waals surface area contributed by atoms with Crippen molar-refractivity contribution in [2.45, 2.75) is 129 Å². The Kier molecular flexibility index (Phi) is 25.7. The van der Waals surface area contributed by atoms with Gasteiger partial charge in [0.05, 0.1) is 0 Å². The molecule has 0 aliphatic rings. The molecule has 8 nitrogen and oxygen atoms in total. The fourth-order valence-electron chi connectivity index (χ4n) is 3.71. The van der Waals surface area contributed by atoms with Crippen molar-refractivity contribution >= 4 is 17.9 Å². The lowest BCUT2D eigenvalue weighted by atomic mass is 10.1. The molecule has 0 bridgehead atoms. The maximum Gasteiger partial charge on any atom is 0.306 e. The first kappa shape index (κ1) is 35.1. The van der Waals surface area contributed by atoms with Gasteiger partial charge >= 0.3 is 17.9 Å². The van der Waals surface area contributed by atoms with E-state index in [1.807, 2.05) is 0 Å². The van der Waals surface area contributed by atoms with E-state index in [0.29, 0.717) is 32.4 Å². The summed E-state index contributed by atoms with van der Waals surface area (Å²) in [6, 6.07) is 0. The Bertz CT molecular complexity index is 597. The number of hydrogen-bond acceptors (Lipinski definition) is 8. The predicted molar refractivity (Wildman–Crippen MR) is 148 cm³/mol. The minimum atomic E-state index is -0.829. The summed E-state index contributed by atoms with van der Waals surface area (Å²) in [6.45, 7) is 2.72. The molecule has 8 heteroatoms. The van der Waals surface area contributed by atoms with Gasteiger partial charge in [0.25, 0.3) is 0 Å². The molecule has 216 valence electrons. The zero-order chi connectivity index (χ0) is 27.4. The van der Waals surface area contributed by atoms with Crippen LogP contribution in [0.4, 0.5) is 0 Å². The van der Waals surface area contributed by atoms with Crippen LogP contribution in [0.15, 0.2) is 12.2 Å². The van der Waals surface area contributed by atoms with Crippen LogP contribution < -0.4 is 11.5 Å². The van der Waals surface area contributed by atoms with E-state index in [9.17, 15) is 14.4 Å². The first-order chi connectivity index (χ1) is 18.0. The van der Waals surface area contributed by atoms with Gasteiger partial charge in [0.2, 0.25) is 0 Å². The molecule has 0 spiro atoms. The van der Waals surface area contributed by atoms with Crippen LogP contribution in [-0.2, 0) is 28.6 Å². The summed E-state index contributed by atoms with van der Waals surface area (Å²) in [6.07, 6.45) is 21.0. The summed E-state index contributed by atoms with van der Waals surface area (Å²) in [5.74, 6) is -1.22. The molecule has 0 aliphatic carbocycles. The number of rotatable bonds is 26. The van der Waals surface area contributed by atoms with E-state index in [0.717, 1.165) is 32.1 Å². The summed E-state index contributed by atoms with van der Waals surface area (Å²) >= 11 is 0. The number of carbonyl (C=O) groups excluding carboxylic acids is 3. The average Bonchev–Trinajstić information content (AvgIpc) is 2.89. The van der Waals surface area contributed by atoms with Crippen molar-refractivity contribution in [2.75, 3.05) is 26.3 Å². The van der Waals surface area contributed by atoms with E-state index >= 15 is 0 Å². The third-order valence-electron chi connectivity index (χ3n) is 5.97. The maximum absolute atomic E-state index is 12.1. The van der Waals surface area contributed by atoms with Crippen molar-refractivity contribution in [1.29, 1.82) is 0 Å². The van der Waals surface area contributed by atoms with Gasteiger partial charge < -0.3 is 25.7 Å². The highest BCUT2D eigenvalue weighted by Gasteiger charge is 2.19. The zero-order valence-corrected chi connectivity index (χ0v) is 23.4. The highest BCUT2D eigenvalue weighted by molar-refractivity contribution is 5.71. The van der Waals surface area contributed by atoms with Crippen LogP contribution in [0.3, 0.4) is 0 Å². The van der Waals surface area contributed by atoms with Gasteiger partial charge in [-0.2, -0.15) is 0 Å². The van der Waals surface area contributed by atoms with Crippen LogP contribution in [0, 0.1) is 0 Å². The van der Waals surface area contributed by atoms with Gasteiger partial charge in [-0.1, -0.05) is 70.4 Å². The molecule has 1 atom stereocenters. The lowest BCUT2D eigenvalue weighted by molar-refractivity contribution is -0.166. The molecular formula is C29H54N2O6. The number of hydrogen-bond donors (Lipinski definition) is 2. The minimum Gasteiger partial charge on any atom is -0.462 e. The molecule has 37 heavy (non-hydrogen) atoms. The van der Waals surface area contributed by atoms with Crippen LogP contribution in [0.5, 0.6) is 0 Å². The summed E-state index contributed by atoms with van der Waals surface area (Å²) in [5.41, 5.74) is 10.8. The lowest BCUT2D eigenvalue weighted by Gasteiger charge is -2.18. The van der Waals surface area contributed by atoms with Crippen molar-refractivity contribution in [1.82, 2.24) is 0 Å². The number of ether oxygens (including phenoxy) is 3. The predicted octanol–water partition coefficient (Wildman–Crippen LogP) is 5.50. The van der Waals surface area contributed by atoms with Crippen molar-refractivity contribution < 1.29 is 28.6 Å². The van der Waals surface area contributed by atoms with Gasteiger partial charge in [0.1, 0.15) is 13.2 Å². The Morgan fingerprint density at radius 2 is 1.03 bits per heavy atom. The summed E-state index contributed by atoms with van der Waals surface area (Å²) < 4.78 is 15.7. The molecule has 0 fully saturated rings. The number of unbranched alkanes of at least 4 members (excludes halogenated alkanes) is 11. The second kappa shape index (κ2) is 27.1. The molecule has 0 aromatic rings. The lowest BCUT2D eigenvalue weighted by Crippen LogP contribution is -2.31. The third kappa shape index (κ3) is 25.5. The molecule has 0 saturated heterocycles. The first-order valence-electron chi connectivity index (χ1n) is 14.6. The second-order valence-corrected chi connectivity index (χ2v) is 9.60. The molecular weight excluding hydrogens is 472 g/mol. The number of allylic oxidation sites excluding steroid dienone is 2. The largest absolute Gasteiger partial charge is 0.462 e. The first-order valence-corrected chi connectivity index (χ1v) is 14.6. The number of carbonyl (C=O) groups is 3. The molecule has 0 aromatic heterocycles. The standard InChI is InChI=1S/C29H54N2O6/c1-2-3-4-5-6-7-8-9-10-11-12-13-14-15-16-19-27(32)35-24-26(37-29(34)21-18-23-31)25-36-28(33)20-17-22-30/h9-10,26H,2-8,11-25,30-31H2,1H3/b10-9+. The molecule has 0 amide bonds. The van der Waals surface area contributed by atoms with E-state index in [-0.39, 0.29) is 32.0 Å². The van der Waals surface area contributed by atoms with Gasteiger partial charge in [-0.15, -0.1) is 0 Å². The third-order valence-corrected chi connectivity index (χ3v) is 5.97. The number of nitrogens with two attached hydrogens (primary N) is 2. The highest BCUT2D eigenvalue weighted by atomic mass is 16.6. The maximum atomic E-state index is 12.1. The minimum absolute atomic E-state index is 0.136. The summed E-state index contributed by atoms with van der Waals surface area (Å²) in [7, 11) is 0. The monoisotopic (exact) mass is 526 g/mol. The van der Waals surface area contributed by atoms with Crippen molar-refractivity contribution in [3.8, 4) is 0 Å². The Morgan fingerprint density at radius 1 is 0.595 bits per heavy atom. The van der Waals surface area contributed by atoms with Crippen molar-refractivity contribution in [3.63, 3.8) is 0 Å². The SMILES string of the molecule is CCCCCCCC/C=C/CCCCCCCC(=O)OCC(COC(=O)CCCN)OC(=O)CCCN. The number of esters is 3. The Balaban J connectivity index is 3.93. The van der Waals surface area contributed by atoms with Gasteiger partial charge in [-0.05, 0) is 58.0 Å². The van der Waals surface area contributed by atoms with Gasteiger partial charge in [0, 0.05) is 19.3 Å². The zero-order valence-electron chi connectivity index (χ0n) is 23.4. The Labute approximate surface area is 225 Å². The van der Waals surface area contributed by atoms with Gasteiger partial charge in [-0.25, -0.2) is 0 Å². The van der Waals surface area contributed by atoms with Crippen LogP contribution >= 0.6 is 0 Å². The molecule has 0 radical (unpaired) electrons. The quantitative estimate of drug-likeness (QED) is 0.0654. The Morgan fingerprint density at radius 3 is 1.54 bits per heavy atom. The average molecular weight is 527 g/mol. The van der Waals surface area contributed by atoms with E-state index < -0.39 is 18.0 Å². The molecule has 0 saturated carbocycles.